The van der Waals surface area contributed by atoms with Gasteiger partial charge in [0.05, 0.1) is 39.2 Å². The van der Waals surface area contributed by atoms with Gasteiger partial charge < -0.3 is 15.1 Å². The first-order chi connectivity index (χ1) is 16.3. The molecule has 0 radical (unpaired) electrons. The van der Waals surface area contributed by atoms with Crippen molar-refractivity contribution in [2.24, 2.45) is 0 Å². The maximum atomic E-state index is 13.7. The van der Waals surface area contributed by atoms with Crippen LogP contribution in [0, 0.1) is 17.1 Å². The van der Waals surface area contributed by atoms with Gasteiger partial charge in [-0.25, -0.2) is 4.39 Å². The molecule has 0 saturated carbocycles. The highest BCUT2D eigenvalue weighted by Crippen LogP contribution is 2.36. The van der Waals surface area contributed by atoms with E-state index in [2.05, 4.69) is 21.4 Å². The first-order valence-electron chi connectivity index (χ1n) is 10.2. The van der Waals surface area contributed by atoms with Gasteiger partial charge in [-0.05, 0) is 42.5 Å². The minimum absolute atomic E-state index is 0.0534. The first-order valence-corrected chi connectivity index (χ1v) is 10.6. The number of anilines is 4. The third kappa shape index (κ3) is 4.34. The summed E-state index contributed by atoms with van der Waals surface area (Å²) in [5, 5.41) is 13.4. The Bertz CT molecular complexity index is 1440. The number of nitriles is 1. The van der Waals surface area contributed by atoms with Gasteiger partial charge in [0.25, 0.3) is 5.91 Å². The average molecular weight is 475 g/mol. The Hall–Kier alpha value is -4.22. The number of halogens is 2. The lowest BCUT2D eigenvalue weighted by Gasteiger charge is -2.22. The molecule has 0 bridgehead atoms. The van der Waals surface area contributed by atoms with Crippen LogP contribution in [0.15, 0.2) is 61.1 Å². The van der Waals surface area contributed by atoms with Crippen LogP contribution in [0.4, 0.5) is 27.1 Å². The Labute approximate surface area is 201 Å². The Morgan fingerprint density at radius 3 is 2.56 bits per heavy atom. The molecule has 0 fully saturated rings. The molecule has 170 valence electrons. The molecule has 7 nitrogen and oxygen atoms in total. The van der Waals surface area contributed by atoms with E-state index in [1.165, 1.54) is 29.3 Å². The summed E-state index contributed by atoms with van der Waals surface area (Å²) in [5.74, 6) is -0.786. The largest absolute Gasteiger partial charge is 0.354 e. The zero-order valence-electron chi connectivity index (χ0n) is 18.7. The SMILES string of the molecule is CN(C)C(=O)c1cc(N(C)c2cccnc2)cc2c(Nc3ccc(F)c(Cl)c3)c(C#N)cnc12. The molecule has 9 heteroatoms. The summed E-state index contributed by atoms with van der Waals surface area (Å²) in [6.07, 6.45) is 4.80. The maximum Gasteiger partial charge on any atom is 0.255 e. The number of nitrogens with zero attached hydrogens (tertiary/aromatic N) is 5. The number of hydrogen-bond donors (Lipinski definition) is 1. The van der Waals surface area contributed by atoms with Gasteiger partial charge in [-0.3, -0.25) is 14.8 Å². The number of amides is 1. The van der Waals surface area contributed by atoms with Crippen molar-refractivity contribution in [1.82, 2.24) is 14.9 Å². The highest BCUT2D eigenvalue weighted by Gasteiger charge is 2.21. The molecule has 4 aromatic rings. The summed E-state index contributed by atoms with van der Waals surface area (Å²) in [6, 6.07) is 13.6. The number of carbonyl (C=O) groups excluding carboxylic acids is 1. The number of pyridine rings is 2. The van der Waals surface area contributed by atoms with Gasteiger partial charge in [-0.2, -0.15) is 5.26 Å². The van der Waals surface area contributed by atoms with Crippen molar-refractivity contribution >= 4 is 51.2 Å². The van der Waals surface area contributed by atoms with Crippen LogP contribution in [0.2, 0.25) is 5.02 Å². The molecule has 4 rings (SSSR count). The van der Waals surface area contributed by atoms with E-state index >= 15 is 0 Å². The van der Waals surface area contributed by atoms with E-state index in [-0.39, 0.29) is 16.5 Å². The van der Waals surface area contributed by atoms with Crippen LogP contribution in [-0.4, -0.2) is 41.9 Å². The summed E-state index contributed by atoms with van der Waals surface area (Å²) in [4.78, 5) is 25.0. The molecular weight excluding hydrogens is 455 g/mol. The molecule has 34 heavy (non-hydrogen) atoms. The topological polar surface area (TPSA) is 85.2 Å². The average Bonchev–Trinajstić information content (AvgIpc) is 2.85. The van der Waals surface area contributed by atoms with Crippen molar-refractivity contribution in [3.05, 3.63) is 83.0 Å². The number of carbonyl (C=O) groups is 1. The van der Waals surface area contributed by atoms with Crippen LogP contribution in [0.1, 0.15) is 15.9 Å². The summed E-state index contributed by atoms with van der Waals surface area (Å²) in [6.45, 7) is 0. The summed E-state index contributed by atoms with van der Waals surface area (Å²) >= 11 is 5.95. The molecule has 0 aliphatic heterocycles. The lowest BCUT2D eigenvalue weighted by Crippen LogP contribution is -2.23. The van der Waals surface area contributed by atoms with E-state index in [1.54, 1.807) is 32.6 Å². The van der Waals surface area contributed by atoms with Gasteiger partial charge in [0.15, 0.2) is 0 Å². The van der Waals surface area contributed by atoms with Crippen molar-refractivity contribution < 1.29 is 9.18 Å². The van der Waals surface area contributed by atoms with Crippen LogP contribution in [0.25, 0.3) is 10.9 Å². The molecule has 2 aromatic heterocycles. The summed E-state index contributed by atoms with van der Waals surface area (Å²) < 4.78 is 13.7. The molecule has 0 atom stereocenters. The van der Waals surface area contributed by atoms with Gasteiger partial charge in [0.1, 0.15) is 11.9 Å². The fourth-order valence-corrected chi connectivity index (χ4v) is 3.70. The molecule has 0 aliphatic rings. The molecule has 0 unspecified atom stereocenters. The van der Waals surface area contributed by atoms with Crippen molar-refractivity contribution in [2.45, 2.75) is 0 Å². The number of rotatable bonds is 5. The Morgan fingerprint density at radius 1 is 1.12 bits per heavy atom. The van der Waals surface area contributed by atoms with E-state index in [4.69, 9.17) is 11.6 Å². The van der Waals surface area contributed by atoms with Gasteiger partial charge >= 0.3 is 0 Å². The van der Waals surface area contributed by atoms with E-state index in [0.29, 0.717) is 33.5 Å². The highest BCUT2D eigenvalue weighted by atomic mass is 35.5. The van der Waals surface area contributed by atoms with Crippen LogP contribution in [0.3, 0.4) is 0 Å². The third-order valence-corrected chi connectivity index (χ3v) is 5.61. The van der Waals surface area contributed by atoms with Crippen LogP contribution in [0.5, 0.6) is 0 Å². The van der Waals surface area contributed by atoms with E-state index in [9.17, 15) is 14.4 Å². The number of fused-ring (bicyclic) bond motifs is 1. The monoisotopic (exact) mass is 474 g/mol. The smallest absolute Gasteiger partial charge is 0.255 e. The number of benzene rings is 2. The van der Waals surface area contributed by atoms with Gasteiger partial charge in [0.2, 0.25) is 0 Å². The summed E-state index contributed by atoms with van der Waals surface area (Å²) in [5.41, 5.74) is 3.50. The minimum atomic E-state index is -0.549. The van der Waals surface area contributed by atoms with Crippen molar-refractivity contribution in [3.63, 3.8) is 0 Å². The highest BCUT2D eigenvalue weighted by molar-refractivity contribution is 6.31. The second kappa shape index (κ2) is 9.33. The fourth-order valence-electron chi connectivity index (χ4n) is 3.52. The van der Waals surface area contributed by atoms with Crippen molar-refractivity contribution in [3.8, 4) is 6.07 Å². The molecule has 0 saturated heterocycles. The zero-order chi connectivity index (χ0) is 24.4. The normalized spacial score (nSPS) is 10.6. The van der Waals surface area contributed by atoms with E-state index in [0.717, 1.165) is 5.69 Å². The molecular formula is C25H20ClFN6O. The predicted octanol–water partition coefficient (Wildman–Crippen LogP) is 5.51. The molecule has 2 aromatic carbocycles. The van der Waals surface area contributed by atoms with Crippen LogP contribution in [-0.2, 0) is 0 Å². The van der Waals surface area contributed by atoms with Gasteiger partial charge in [-0.15, -0.1) is 0 Å². The Morgan fingerprint density at radius 2 is 1.91 bits per heavy atom. The number of nitrogens with one attached hydrogen (secondary N) is 1. The number of aromatic nitrogens is 2. The second-order valence-corrected chi connectivity index (χ2v) is 8.18. The standard InChI is InChI=1S/C25H20ClFN6O/c1-32(2)25(34)20-11-18(33(3)17-5-4-8-29-14-17)10-19-23(15(12-28)13-30-24(19)20)31-16-6-7-22(27)21(26)9-16/h4-11,13-14H,1-3H3,(H,30,31). The molecule has 1 N–H and O–H groups in total. The fraction of sp³-hybridized carbons (Fsp3) is 0.120. The third-order valence-electron chi connectivity index (χ3n) is 5.32. The Kier molecular flexibility index (Phi) is 6.30. The quantitative estimate of drug-likeness (QED) is 0.410. The number of hydrogen-bond acceptors (Lipinski definition) is 6. The van der Waals surface area contributed by atoms with E-state index in [1.807, 2.05) is 30.1 Å². The zero-order valence-corrected chi connectivity index (χ0v) is 19.4. The second-order valence-electron chi connectivity index (χ2n) is 7.77. The van der Waals surface area contributed by atoms with Crippen LogP contribution >= 0.6 is 11.6 Å². The lowest BCUT2D eigenvalue weighted by atomic mass is 10.0. The van der Waals surface area contributed by atoms with Crippen LogP contribution < -0.4 is 10.2 Å². The van der Waals surface area contributed by atoms with E-state index < -0.39 is 5.82 Å². The molecule has 0 spiro atoms. The van der Waals surface area contributed by atoms with Crippen molar-refractivity contribution in [1.29, 1.82) is 5.26 Å². The van der Waals surface area contributed by atoms with Gasteiger partial charge in [-0.1, -0.05) is 11.6 Å². The first kappa shape index (κ1) is 23.0. The lowest BCUT2D eigenvalue weighted by molar-refractivity contribution is 0.0829. The summed E-state index contributed by atoms with van der Waals surface area (Å²) in [7, 11) is 5.18. The minimum Gasteiger partial charge on any atom is -0.354 e. The maximum absolute atomic E-state index is 13.7. The molecule has 2 heterocycles. The molecule has 0 aliphatic carbocycles. The molecule has 1 amide bonds. The predicted molar refractivity (Wildman–Crippen MR) is 131 cm³/mol. The Balaban J connectivity index is 1.98. The van der Waals surface area contributed by atoms with Gasteiger partial charge in [0, 0.05) is 50.3 Å². The van der Waals surface area contributed by atoms with Crippen molar-refractivity contribution in [2.75, 3.05) is 31.4 Å².